The number of rotatable bonds is 9. The van der Waals surface area contributed by atoms with Crippen molar-refractivity contribution < 1.29 is 14.7 Å². The Hall–Kier alpha value is -3.12. The molecule has 0 saturated carbocycles. The van der Waals surface area contributed by atoms with Crippen LogP contribution in [0.5, 0.6) is 5.75 Å². The highest BCUT2D eigenvalue weighted by molar-refractivity contribution is 5.85. The number of ether oxygens (including phenoxy) is 2. The van der Waals surface area contributed by atoms with Gasteiger partial charge in [-0.3, -0.25) is 0 Å². The SMILES string of the molecule is COc1ccc2[nH]cc(C(COCc3ccccc3)N(O)Cc3ccccc3)c2c1. The Balaban J connectivity index is 1.59. The molecule has 1 heterocycles. The predicted molar refractivity (Wildman–Crippen MR) is 117 cm³/mol. The Morgan fingerprint density at radius 3 is 2.33 bits per heavy atom. The zero-order chi connectivity index (χ0) is 20.8. The van der Waals surface area contributed by atoms with Crippen molar-refractivity contribution >= 4 is 10.9 Å². The fraction of sp³-hybridized carbons (Fsp3) is 0.200. The second-order valence-corrected chi connectivity index (χ2v) is 7.26. The summed E-state index contributed by atoms with van der Waals surface area (Å²) in [6.45, 7) is 1.24. The van der Waals surface area contributed by atoms with E-state index in [1.807, 2.05) is 85.1 Å². The lowest BCUT2D eigenvalue weighted by Crippen LogP contribution is -2.28. The molecule has 0 spiro atoms. The van der Waals surface area contributed by atoms with Crippen LogP contribution in [0.25, 0.3) is 10.9 Å². The van der Waals surface area contributed by atoms with E-state index >= 15 is 0 Å². The monoisotopic (exact) mass is 402 g/mol. The van der Waals surface area contributed by atoms with E-state index in [0.717, 1.165) is 33.3 Å². The fourth-order valence-corrected chi connectivity index (χ4v) is 3.60. The number of aromatic nitrogens is 1. The molecule has 30 heavy (non-hydrogen) atoms. The molecule has 2 N–H and O–H groups in total. The van der Waals surface area contributed by atoms with E-state index in [4.69, 9.17) is 9.47 Å². The summed E-state index contributed by atoms with van der Waals surface area (Å²) in [6, 6.07) is 25.5. The molecule has 1 aromatic heterocycles. The van der Waals surface area contributed by atoms with Gasteiger partial charge in [-0.2, -0.15) is 5.06 Å². The first-order valence-corrected chi connectivity index (χ1v) is 10.0. The maximum absolute atomic E-state index is 11.0. The summed E-state index contributed by atoms with van der Waals surface area (Å²) in [5.41, 5.74) is 4.09. The van der Waals surface area contributed by atoms with Crippen LogP contribution in [-0.2, 0) is 17.9 Å². The molecule has 0 aliphatic rings. The number of H-pyrrole nitrogens is 1. The van der Waals surface area contributed by atoms with Crippen molar-refractivity contribution in [3.05, 3.63) is 102 Å². The minimum absolute atomic E-state index is 0.338. The second kappa shape index (κ2) is 9.59. The summed E-state index contributed by atoms with van der Waals surface area (Å²) >= 11 is 0. The number of hydrogen-bond acceptors (Lipinski definition) is 4. The molecule has 3 aromatic carbocycles. The standard InChI is InChI=1S/C25H26N2O3/c1-29-21-12-13-24-22(14-21)23(15-26-24)25(18-30-17-20-10-6-3-7-11-20)27(28)16-19-8-4-2-5-9-19/h2-15,25-26,28H,16-18H2,1H3. The third kappa shape index (κ3) is 4.71. The molecule has 0 amide bonds. The number of fused-ring (bicyclic) bond motifs is 1. The highest BCUT2D eigenvalue weighted by atomic mass is 16.5. The number of nitrogens with zero attached hydrogens (tertiary/aromatic N) is 1. The molecule has 154 valence electrons. The molecule has 1 unspecified atom stereocenters. The van der Waals surface area contributed by atoms with Gasteiger partial charge in [0, 0.05) is 23.6 Å². The van der Waals surface area contributed by atoms with Crippen LogP contribution in [0.2, 0.25) is 0 Å². The van der Waals surface area contributed by atoms with E-state index in [1.54, 1.807) is 7.11 Å². The van der Waals surface area contributed by atoms with Crippen LogP contribution in [0, 0.1) is 0 Å². The van der Waals surface area contributed by atoms with Crippen LogP contribution in [0.3, 0.4) is 0 Å². The Bertz CT molecular complexity index is 1060. The van der Waals surface area contributed by atoms with Gasteiger partial charge >= 0.3 is 0 Å². The van der Waals surface area contributed by atoms with E-state index < -0.39 is 0 Å². The van der Waals surface area contributed by atoms with Crippen molar-refractivity contribution in [2.45, 2.75) is 19.2 Å². The minimum atomic E-state index is -0.338. The van der Waals surface area contributed by atoms with Crippen LogP contribution in [0.15, 0.2) is 85.1 Å². The number of hydroxylamine groups is 2. The molecule has 0 saturated heterocycles. The molecule has 5 nitrogen and oxygen atoms in total. The Morgan fingerprint density at radius 1 is 0.933 bits per heavy atom. The number of hydrogen-bond donors (Lipinski definition) is 2. The summed E-state index contributed by atoms with van der Waals surface area (Å²) in [5.74, 6) is 0.778. The van der Waals surface area contributed by atoms with Crippen LogP contribution in [0.4, 0.5) is 0 Å². The second-order valence-electron chi connectivity index (χ2n) is 7.26. The summed E-state index contributed by atoms with van der Waals surface area (Å²) in [4.78, 5) is 3.30. The predicted octanol–water partition coefficient (Wildman–Crippen LogP) is 5.33. The lowest BCUT2D eigenvalue weighted by molar-refractivity contribution is -0.154. The first kappa shape index (κ1) is 20.2. The zero-order valence-corrected chi connectivity index (χ0v) is 17.0. The van der Waals surface area contributed by atoms with Gasteiger partial charge in [-0.25, -0.2) is 0 Å². The molecule has 0 fully saturated rings. The maximum Gasteiger partial charge on any atom is 0.119 e. The molecule has 0 aliphatic carbocycles. The molecule has 0 aliphatic heterocycles. The Kier molecular flexibility index (Phi) is 6.44. The molecule has 1 atom stereocenters. The quantitative estimate of drug-likeness (QED) is 0.372. The number of aromatic amines is 1. The molecule has 5 heteroatoms. The largest absolute Gasteiger partial charge is 0.497 e. The van der Waals surface area contributed by atoms with Crippen molar-refractivity contribution in [3.8, 4) is 5.75 Å². The maximum atomic E-state index is 11.0. The summed E-state index contributed by atoms with van der Waals surface area (Å²) in [5, 5.41) is 13.4. The lowest BCUT2D eigenvalue weighted by Gasteiger charge is -2.26. The summed E-state index contributed by atoms with van der Waals surface area (Å²) in [7, 11) is 1.65. The number of nitrogens with one attached hydrogen (secondary N) is 1. The van der Waals surface area contributed by atoms with Crippen LogP contribution >= 0.6 is 0 Å². The molecule has 0 radical (unpaired) electrons. The molecule has 4 aromatic rings. The van der Waals surface area contributed by atoms with E-state index in [9.17, 15) is 5.21 Å². The molecular weight excluding hydrogens is 376 g/mol. The molecule has 4 rings (SSSR count). The third-order valence-electron chi connectivity index (χ3n) is 5.21. The lowest BCUT2D eigenvalue weighted by atomic mass is 10.0. The van der Waals surface area contributed by atoms with E-state index in [-0.39, 0.29) is 6.04 Å². The minimum Gasteiger partial charge on any atom is -0.497 e. The van der Waals surface area contributed by atoms with Gasteiger partial charge in [0.25, 0.3) is 0 Å². The van der Waals surface area contributed by atoms with Gasteiger partial charge < -0.3 is 19.7 Å². The first-order valence-electron chi connectivity index (χ1n) is 10.0. The van der Waals surface area contributed by atoms with Crippen LogP contribution < -0.4 is 4.74 Å². The van der Waals surface area contributed by atoms with Crippen molar-refractivity contribution in [3.63, 3.8) is 0 Å². The first-order chi connectivity index (χ1) is 14.7. The van der Waals surface area contributed by atoms with Crippen molar-refractivity contribution in [2.75, 3.05) is 13.7 Å². The van der Waals surface area contributed by atoms with Gasteiger partial charge in [-0.05, 0) is 34.9 Å². The summed E-state index contributed by atoms with van der Waals surface area (Å²) in [6.07, 6.45) is 1.94. The topological polar surface area (TPSA) is 57.7 Å². The molecular formula is C25H26N2O3. The van der Waals surface area contributed by atoms with Crippen LogP contribution in [-0.4, -0.2) is 29.0 Å². The highest BCUT2D eigenvalue weighted by Gasteiger charge is 2.23. The van der Waals surface area contributed by atoms with Crippen molar-refractivity contribution in [2.24, 2.45) is 0 Å². The van der Waals surface area contributed by atoms with Gasteiger partial charge in [0.1, 0.15) is 5.75 Å². The van der Waals surface area contributed by atoms with E-state index in [1.165, 1.54) is 5.06 Å². The smallest absolute Gasteiger partial charge is 0.119 e. The summed E-state index contributed by atoms with van der Waals surface area (Å²) < 4.78 is 11.4. The average Bonchev–Trinajstić information content (AvgIpc) is 3.21. The van der Waals surface area contributed by atoms with Gasteiger partial charge in [-0.1, -0.05) is 60.7 Å². The van der Waals surface area contributed by atoms with Crippen molar-refractivity contribution in [1.82, 2.24) is 10.0 Å². The van der Waals surface area contributed by atoms with E-state index in [0.29, 0.717) is 19.8 Å². The highest BCUT2D eigenvalue weighted by Crippen LogP contribution is 2.31. The number of methoxy groups -OCH3 is 1. The average molecular weight is 402 g/mol. The van der Waals surface area contributed by atoms with Crippen LogP contribution in [0.1, 0.15) is 22.7 Å². The molecule has 0 bridgehead atoms. The zero-order valence-electron chi connectivity index (χ0n) is 17.0. The van der Waals surface area contributed by atoms with Gasteiger partial charge in [0.05, 0.1) is 26.4 Å². The van der Waals surface area contributed by atoms with Gasteiger partial charge in [0.15, 0.2) is 0 Å². The van der Waals surface area contributed by atoms with Gasteiger partial charge in [-0.15, -0.1) is 0 Å². The number of benzene rings is 3. The fourth-order valence-electron chi connectivity index (χ4n) is 3.60. The normalized spacial score (nSPS) is 12.4. The van der Waals surface area contributed by atoms with Gasteiger partial charge in [0.2, 0.25) is 0 Å². The van der Waals surface area contributed by atoms with Crippen molar-refractivity contribution in [1.29, 1.82) is 0 Å². The third-order valence-corrected chi connectivity index (χ3v) is 5.21. The van der Waals surface area contributed by atoms with E-state index in [2.05, 4.69) is 4.98 Å². The Labute approximate surface area is 176 Å². The Morgan fingerprint density at radius 2 is 1.63 bits per heavy atom.